The van der Waals surface area contributed by atoms with Crippen LogP contribution < -0.4 is 0 Å². The van der Waals surface area contributed by atoms with Crippen LogP contribution in [0.1, 0.15) is 45.3 Å². The number of nitro groups is 1. The first-order valence-corrected chi connectivity index (χ1v) is 9.78. The predicted octanol–water partition coefficient (Wildman–Crippen LogP) is 4.33. The molecule has 28 heavy (non-hydrogen) atoms. The summed E-state index contributed by atoms with van der Waals surface area (Å²) >= 11 is 1.50. The Bertz CT molecular complexity index is 986. The third-order valence-corrected chi connectivity index (χ3v) is 5.78. The molecule has 4 rings (SSSR count). The molecule has 0 saturated heterocycles. The largest absolute Gasteiger partial charge is 0.451 e. The molecule has 9 heteroatoms. The highest BCUT2D eigenvalue weighted by atomic mass is 32.1. The Morgan fingerprint density at radius 3 is 2.75 bits per heavy atom. The zero-order chi connectivity index (χ0) is 19.5. The van der Waals surface area contributed by atoms with Crippen LogP contribution in [0.4, 0.5) is 5.69 Å². The van der Waals surface area contributed by atoms with Crippen molar-refractivity contribution < 1.29 is 18.9 Å². The average molecular weight is 399 g/mol. The summed E-state index contributed by atoms with van der Waals surface area (Å²) in [5.41, 5.74) is 1.79. The summed E-state index contributed by atoms with van der Waals surface area (Å²) in [6.07, 6.45) is 5.59. The maximum Gasteiger partial charge on any atom is 0.348 e. The molecule has 144 valence electrons. The average Bonchev–Trinajstić information content (AvgIpc) is 3.28. The fourth-order valence-electron chi connectivity index (χ4n) is 3.12. The summed E-state index contributed by atoms with van der Waals surface area (Å²) in [6.45, 7) is -0.124. The molecule has 0 radical (unpaired) electrons. The number of non-ortho nitro benzene ring substituents is 1. The standard InChI is InChI=1S/C19H17N3O5S/c23-19(16-10-13-4-2-1-3-5-15(13)28-16)26-11-17-20-21-18(27-17)12-6-8-14(9-7-12)22(24)25/h6-10H,1-5,11H2. The zero-order valence-corrected chi connectivity index (χ0v) is 15.7. The fourth-order valence-corrected chi connectivity index (χ4v) is 4.27. The number of thiophene rings is 1. The predicted molar refractivity (Wildman–Crippen MR) is 101 cm³/mol. The lowest BCUT2D eigenvalue weighted by atomic mass is 10.1. The second kappa shape index (κ2) is 7.89. The molecule has 0 bridgehead atoms. The van der Waals surface area contributed by atoms with Crippen molar-refractivity contribution in [2.45, 2.75) is 38.7 Å². The van der Waals surface area contributed by atoms with Crippen molar-refractivity contribution in [2.75, 3.05) is 0 Å². The number of carbonyl (C=O) groups excluding carboxylic acids is 1. The maximum absolute atomic E-state index is 12.3. The number of benzene rings is 1. The number of hydrogen-bond donors (Lipinski definition) is 0. The Balaban J connectivity index is 1.39. The van der Waals surface area contributed by atoms with Gasteiger partial charge in [-0.1, -0.05) is 6.42 Å². The van der Waals surface area contributed by atoms with E-state index in [2.05, 4.69) is 10.2 Å². The van der Waals surface area contributed by atoms with Gasteiger partial charge in [-0.05, 0) is 49.4 Å². The Labute approximate surface area is 164 Å². The van der Waals surface area contributed by atoms with Crippen molar-refractivity contribution in [2.24, 2.45) is 0 Å². The van der Waals surface area contributed by atoms with Gasteiger partial charge in [0.25, 0.3) is 11.6 Å². The maximum atomic E-state index is 12.3. The number of nitro benzene ring substituents is 1. The van der Waals surface area contributed by atoms with Crippen LogP contribution in [0.25, 0.3) is 11.5 Å². The molecule has 0 fully saturated rings. The van der Waals surface area contributed by atoms with Gasteiger partial charge in [0.1, 0.15) is 4.88 Å². The lowest BCUT2D eigenvalue weighted by molar-refractivity contribution is -0.384. The topological polar surface area (TPSA) is 108 Å². The number of rotatable bonds is 5. The third kappa shape index (κ3) is 3.94. The number of hydrogen-bond acceptors (Lipinski definition) is 8. The minimum atomic E-state index is -0.480. The number of fused-ring (bicyclic) bond motifs is 1. The van der Waals surface area contributed by atoms with E-state index in [1.165, 1.54) is 52.5 Å². The van der Waals surface area contributed by atoms with Crippen molar-refractivity contribution in [1.82, 2.24) is 10.2 Å². The minimum absolute atomic E-state index is 0.0215. The van der Waals surface area contributed by atoms with E-state index in [9.17, 15) is 14.9 Å². The van der Waals surface area contributed by atoms with E-state index < -0.39 is 10.9 Å². The number of nitrogens with zero attached hydrogens (tertiary/aromatic N) is 3. The lowest BCUT2D eigenvalue weighted by Gasteiger charge is -1.99. The van der Waals surface area contributed by atoms with Gasteiger partial charge in [-0.2, -0.15) is 0 Å². The van der Waals surface area contributed by atoms with E-state index in [-0.39, 0.29) is 24.1 Å². The highest BCUT2D eigenvalue weighted by Gasteiger charge is 2.19. The number of esters is 1. The highest BCUT2D eigenvalue weighted by molar-refractivity contribution is 7.14. The monoisotopic (exact) mass is 399 g/mol. The van der Waals surface area contributed by atoms with Gasteiger partial charge < -0.3 is 9.15 Å². The van der Waals surface area contributed by atoms with Crippen LogP contribution in [0.2, 0.25) is 0 Å². The number of aromatic nitrogens is 2. The SMILES string of the molecule is O=C(OCc1nnc(-c2ccc([N+](=O)[O-])cc2)o1)c1cc2c(s1)CCCCC2. The quantitative estimate of drug-likeness (QED) is 0.272. The van der Waals surface area contributed by atoms with Crippen LogP contribution in [0.15, 0.2) is 34.7 Å². The molecule has 0 atom stereocenters. The smallest absolute Gasteiger partial charge is 0.348 e. The van der Waals surface area contributed by atoms with Crippen molar-refractivity contribution in [1.29, 1.82) is 0 Å². The van der Waals surface area contributed by atoms with Gasteiger partial charge in [0.05, 0.1) is 4.92 Å². The number of aryl methyl sites for hydroxylation is 2. The van der Waals surface area contributed by atoms with Crippen LogP contribution in [0.5, 0.6) is 0 Å². The molecule has 0 unspecified atom stereocenters. The summed E-state index contributed by atoms with van der Waals surface area (Å²) in [5, 5.41) is 18.5. The normalized spacial score (nSPS) is 13.6. The Morgan fingerprint density at radius 2 is 1.96 bits per heavy atom. The van der Waals surface area contributed by atoms with Crippen molar-refractivity contribution >= 4 is 23.0 Å². The molecule has 1 aliphatic rings. The molecule has 1 aromatic carbocycles. The van der Waals surface area contributed by atoms with E-state index >= 15 is 0 Å². The molecule has 2 aromatic heterocycles. The van der Waals surface area contributed by atoms with Crippen LogP contribution in [0, 0.1) is 10.1 Å². The van der Waals surface area contributed by atoms with Gasteiger partial charge in [-0.3, -0.25) is 10.1 Å². The first-order valence-electron chi connectivity index (χ1n) is 8.96. The number of ether oxygens (including phenoxy) is 1. The second-order valence-electron chi connectivity index (χ2n) is 6.50. The lowest BCUT2D eigenvalue weighted by Crippen LogP contribution is -2.03. The van der Waals surface area contributed by atoms with Gasteiger partial charge >= 0.3 is 5.97 Å². The molecule has 0 spiro atoms. The van der Waals surface area contributed by atoms with Gasteiger partial charge in [-0.25, -0.2) is 4.79 Å². The Kier molecular flexibility index (Phi) is 5.16. The number of carbonyl (C=O) groups is 1. The van der Waals surface area contributed by atoms with Crippen LogP contribution in [0.3, 0.4) is 0 Å². The summed E-state index contributed by atoms with van der Waals surface area (Å²) in [6, 6.07) is 7.71. The van der Waals surface area contributed by atoms with Crippen LogP contribution >= 0.6 is 11.3 Å². The first-order chi connectivity index (χ1) is 13.6. The zero-order valence-electron chi connectivity index (χ0n) is 14.9. The molecule has 1 aliphatic carbocycles. The van der Waals surface area contributed by atoms with Crippen molar-refractivity contribution in [3.63, 3.8) is 0 Å². The second-order valence-corrected chi connectivity index (χ2v) is 7.64. The minimum Gasteiger partial charge on any atom is -0.451 e. The summed E-state index contributed by atoms with van der Waals surface area (Å²) in [7, 11) is 0. The van der Waals surface area contributed by atoms with E-state index in [0.29, 0.717) is 10.4 Å². The van der Waals surface area contributed by atoms with Crippen molar-refractivity contribution in [3.8, 4) is 11.5 Å². The molecule has 0 amide bonds. The molecule has 0 saturated carbocycles. The van der Waals surface area contributed by atoms with Gasteiger partial charge in [0.15, 0.2) is 6.61 Å². The highest BCUT2D eigenvalue weighted by Crippen LogP contribution is 2.29. The van der Waals surface area contributed by atoms with Gasteiger partial charge in [-0.15, -0.1) is 21.5 Å². The Morgan fingerprint density at radius 1 is 1.18 bits per heavy atom. The molecular weight excluding hydrogens is 382 g/mol. The van der Waals surface area contributed by atoms with E-state index in [0.717, 1.165) is 25.7 Å². The van der Waals surface area contributed by atoms with Crippen LogP contribution in [-0.2, 0) is 24.2 Å². The van der Waals surface area contributed by atoms with Crippen LogP contribution in [-0.4, -0.2) is 21.1 Å². The van der Waals surface area contributed by atoms with Crippen molar-refractivity contribution in [3.05, 3.63) is 61.7 Å². The van der Waals surface area contributed by atoms with E-state index in [1.54, 1.807) is 0 Å². The summed E-state index contributed by atoms with van der Waals surface area (Å²) < 4.78 is 10.8. The molecular formula is C19H17N3O5S. The molecule has 3 aromatic rings. The summed E-state index contributed by atoms with van der Waals surface area (Å²) in [5.74, 6) is -0.0169. The third-order valence-electron chi connectivity index (χ3n) is 4.57. The molecule has 0 N–H and O–H groups in total. The summed E-state index contributed by atoms with van der Waals surface area (Å²) in [4.78, 5) is 24.4. The molecule has 2 heterocycles. The van der Waals surface area contributed by atoms with E-state index in [4.69, 9.17) is 9.15 Å². The fraction of sp³-hybridized carbons (Fsp3) is 0.316. The molecule has 8 nitrogen and oxygen atoms in total. The van der Waals surface area contributed by atoms with E-state index in [1.807, 2.05) is 6.07 Å². The van der Waals surface area contributed by atoms with Gasteiger partial charge in [0.2, 0.25) is 5.89 Å². The van der Waals surface area contributed by atoms with Gasteiger partial charge in [0, 0.05) is 22.6 Å². The first kappa shape index (κ1) is 18.3. The molecule has 0 aliphatic heterocycles. The Hall–Kier alpha value is -3.07.